The normalized spacial score (nSPS) is 11.8. The number of fused-ring (bicyclic) bond motifs is 2. The summed E-state index contributed by atoms with van der Waals surface area (Å²) in [6.45, 7) is 4.31. The maximum atomic E-state index is 13.4. The smallest absolute Gasteiger partial charge is 0.308 e. The van der Waals surface area contributed by atoms with E-state index < -0.39 is 35.4 Å². The van der Waals surface area contributed by atoms with E-state index in [2.05, 4.69) is 0 Å². The molecule has 0 spiro atoms. The first-order chi connectivity index (χ1) is 15.5. The molecule has 2 aromatic carbocycles. The minimum absolute atomic E-state index is 0.113. The number of carbonyl (C=O) groups is 6. The fourth-order valence-electron chi connectivity index (χ4n) is 3.32. The summed E-state index contributed by atoms with van der Waals surface area (Å²) >= 11 is 0. The Balaban J connectivity index is 2.26. The van der Waals surface area contributed by atoms with Crippen LogP contribution < -0.4 is 14.2 Å². The van der Waals surface area contributed by atoms with Crippen LogP contribution in [0.25, 0.3) is 0 Å². The van der Waals surface area contributed by atoms with Gasteiger partial charge in [-0.2, -0.15) is 0 Å². The van der Waals surface area contributed by atoms with E-state index in [1.165, 1.54) is 25.1 Å². The fourth-order valence-corrected chi connectivity index (χ4v) is 3.32. The van der Waals surface area contributed by atoms with Gasteiger partial charge in [0, 0.05) is 44.9 Å². The molecule has 33 heavy (non-hydrogen) atoms. The molecule has 0 heterocycles. The van der Waals surface area contributed by atoms with E-state index in [0.29, 0.717) is 5.56 Å². The van der Waals surface area contributed by atoms with Gasteiger partial charge in [0.15, 0.2) is 5.78 Å². The first kappa shape index (κ1) is 23.3. The van der Waals surface area contributed by atoms with E-state index >= 15 is 0 Å². The second kappa shape index (κ2) is 9.03. The van der Waals surface area contributed by atoms with Crippen molar-refractivity contribution in [3.05, 3.63) is 52.1 Å². The fraction of sp³-hybridized carbons (Fsp3) is 0.217. The molecule has 2 aromatic rings. The van der Waals surface area contributed by atoms with Gasteiger partial charge in [-0.25, -0.2) is 0 Å². The lowest BCUT2D eigenvalue weighted by Crippen LogP contribution is -2.25. The summed E-state index contributed by atoms with van der Waals surface area (Å²) in [5.74, 6) is -4.86. The van der Waals surface area contributed by atoms with Crippen LogP contribution in [-0.4, -0.2) is 35.4 Å². The van der Waals surface area contributed by atoms with Gasteiger partial charge in [0.2, 0.25) is 5.78 Å². The molecule has 0 amide bonds. The lowest BCUT2D eigenvalue weighted by atomic mass is 9.82. The Labute approximate surface area is 187 Å². The van der Waals surface area contributed by atoms with Gasteiger partial charge in [-0.3, -0.25) is 28.8 Å². The molecule has 3 rings (SSSR count). The molecule has 0 aliphatic heterocycles. The van der Waals surface area contributed by atoms with Crippen LogP contribution in [0.15, 0.2) is 24.3 Å². The molecule has 0 fully saturated rings. The Hall–Kier alpha value is -4.34. The molecular formula is C23H18O10. The van der Waals surface area contributed by atoms with Gasteiger partial charge in [-0.05, 0) is 23.8 Å². The summed E-state index contributed by atoms with van der Waals surface area (Å²) in [5.41, 5.74) is -0.480. The van der Waals surface area contributed by atoms with Crippen molar-refractivity contribution in [2.75, 3.05) is 0 Å². The van der Waals surface area contributed by atoms with Crippen LogP contribution >= 0.6 is 0 Å². The highest BCUT2D eigenvalue weighted by Crippen LogP contribution is 2.40. The molecule has 170 valence electrons. The summed E-state index contributed by atoms with van der Waals surface area (Å²) in [5, 5.41) is 0. The zero-order chi connectivity index (χ0) is 24.4. The van der Waals surface area contributed by atoms with Crippen molar-refractivity contribution in [1.29, 1.82) is 0 Å². The van der Waals surface area contributed by atoms with Gasteiger partial charge in [0.1, 0.15) is 23.9 Å². The Kier molecular flexibility index (Phi) is 6.38. The average Bonchev–Trinajstić information content (AvgIpc) is 2.68. The number of hydrogen-bond acceptors (Lipinski definition) is 10. The zero-order valence-electron chi connectivity index (χ0n) is 18.1. The molecule has 0 radical (unpaired) electrons. The minimum atomic E-state index is -0.778. The number of ketones is 2. The van der Waals surface area contributed by atoms with Crippen LogP contribution in [0.5, 0.6) is 17.2 Å². The standard InChI is InChI=1S/C23H18O10/c1-10(24)30-9-14-5-16-20(18(6-14)32-12(3)26)23(29)21-17(22(16)28)7-15(31-11(2)25)8-19(21)33-13(4)27/h5-8H,9H2,1-4H3. The summed E-state index contributed by atoms with van der Waals surface area (Å²) < 4.78 is 20.2. The topological polar surface area (TPSA) is 139 Å². The van der Waals surface area contributed by atoms with Crippen LogP contribution in [0.4, 0.5) is 0 Å². The van der Waals surface area contributed by atoms with Gasteiger partial charge in [0.25, 0.3) is 0 Å². The molecule has 1 aliphatic carbocycles. The molecule has 0 unspecified atom stereocenters. The van der Waals surface area contributed by atoms with E-state index in [1.54, 1.807) is 0 Å². The lowest BCUT2D eigenvalue weighted by molar-refractivity contribution is -0.142. The van der Waals surface area contributed by atoms with Gasteiger partial charge >= 0.3 is 23.9 Å². The second-order valence-corrected chi connectivity index (χ2v) is 7.08. The van der Waals surface area contributed by atoms with Crippen LogP contribution in [-0.2, 0) is 30.5 Å². The monoisotopic (exact) mass is 454 g/mol. The Morgan fingerprint density at radius 2 is 1.15 bits per heavy atom. The van der Waals surface area contributed by atoms with Crippen LogP contribution in [0, 0.1) is 0 Å². The molecule has 0 atom stereocenters. The number of benzene rings is 2. The molecule has 0 saturated carbocycles. The molecule has 10 heteroatoms. The number of hydrogen-bond donors (Lipinski definition) is 0. The van der Waals surface area contributed by atoms with E-state index in [-0.39, 0.29) is 46.1 Å². The number of ether oxygens (including phenoxy) is 4. The lowest BCUT2D eigenvalue weighted by Gasteiger charge is -2.23. The third kappa shape index (κ3) is 4.95. The first-order valence-electron chi connectivity index (χ1n) is 9.61. The summed E-state index contributed by atoms with van der Waals surface area (Å²) in [6, 6.07) is 4.95. The van der Waals surface area contributed by atoms with Gasteiger partial charge in [-0.15, -0.1) is 0 Å². The Morgan fingerprint density at radius 1 is 0.636 bits per heavy atom. The molecule has 0 N–H and O–H groups in total. The van der Waals surface area contributed by atoms with E-state index in [1.807, 2.05) is 0 Å². The summed E-state index contributed by atoms with van der Waals surface area (Å²) in [4.78, 5) is 72.7. The first-order valence-corrected chi connectivity index (χ1v) is 9.61. The molecular weight excluding hydrogens is 436 g/mol. The molecule has 0 aromatic heterocycles. The summed E-state index contributed by atoms with van der Waals surface area (Å²) in [6.07, 6.45) is 0. The van der Waals surface area contributed by atoms with Crippen molar-refractivity contribution < 1.29 is 47.7 Å². The predicted molar refractivity (Wildman–Crippen MR) is 109 cm³/mol. The van der Waals surface area contributed by atoms with Gasteiger partial charge in [0.05, 0.1) is 11.1 Å². The Morgan fingerprint density at radius 3 is 1.67 bits per heavy atom. The van der Waals surface area contributed by atoms with Crippen LogP contribution in [0.2, 0.25) is 0 Å². The molecule has 10 nitrogen and oxygen atoms in total. The highest BCUT2D eigenvalue weighted by molar-refractivity contribution is 6.30. The maximum Gasteiger partial charge on any atom is 0.308 e. The number of rotatable bonds is 5. The zero-order valence-corrected chi connectivity index (χ0v) is 18.1. The van der Waals surface area contributed by atoms with Crippen molar-refractivity contribution in [3.63, 3.8) is 0 Å². The highest BCUT2D eigenvalue weighted by Gasteiger charge is 2.37. The molecule has 0 saturated heterocycles. The summed E-state index contributed by atoms with van der Waals surface area (Å²) in [7, 11) is 0. The predicted octanol–water partition coefficient (Wildman–Crippen LogP) is 2.30. The van der Waals surface area contributed by atoms with Crippen molar-refractivity contribution in [2.24, 2.45) is 0 Å². The minimum Gasteiger partial charge on any atom is -0.461 e. The van der Waals surface area contributed by atoms with Gasteiger partial charge < -0.3 is 18.9 Å². The molecule has 0 bridgehead atoms. The van der Waals surface area contributed by atoms with Crippen molar-refractivity contribution >= 4 is 35.4 Å². The third-order valence-electron chi connectivity index (χ3n) is 4.39. The largest absolute Gasteiger partial charge is 0.461 e. The Bertz CT molecular complexity index is 1240. The van der Waals surface area contributed by atoms with Gasteiger partial charge in [-0.1, -0.05) is 0 Å². The van der Waals surface area contributed by atoms with Crippen LogP contribution in [0.3, 0.4) is 0 Å². The average molecular weight is 454 g/mol. The number of esters is 4. The second-order valence-electron chi connectivity index (χ2n) is 7.08. The van der Waals surface area contributed by atoms with Crippen molar-refractivity contribution in [3.8, 4) is 17.2 Å². The number of carbonyl (C=O) groups excluding carboxylic acids is 6. The molecule has 1 aliphatic rings. The SMILES string of the molecule is CC(=O)OCc1cc(OC(C)=O)c2c(c1)C(=O)c1cc(OC(C)=O)cc(OC(C)=O)c1C2=O. The quantitative estimate of drug-likeness (QED) is 0.417. The van der Waals surface area contributed by atoms with E-state index in [4.69, 9.17) is 18.9 Å². The van der Waals surface area contributed by atoms with E-state index in [0.717, 1.165) is 26.8 Å². The van der Waals surface area contributed by atoms with Crippen molar-refractivity contribution in [2.45, 2.75) is 34.3 Å². The maximum absolute atomic E-state index is 13.4. The van der Waals surface area contributed by atoms with Crippen LogP contribution in [0.1, 0.15) is 65.1 Å². The van der Waals surface area contributed by atoms with Crippen molar-refractivity contribution in [1.82, 2.24) is 0 Å². The van der Waals surface area contributed by atoms with E-state index in [9.17, 15) is 28.8 Å². The highest BCUT2D eigenvalue weighted by atomic mass is 16.5. The third-order valence-corrected chi connectivity index (χ3v) is 4.39.